The summed E-state index contributed by atoms with van der Waals surface area (Å²) in [7, 11) is -0.0146. The second kappa shape index (κ2) is 14.5. The summed E-state index contributed by atoms with van der Waals surface area (Å²) < 4.78 is 55.8. The second-order valence-electron chi connectivity index (χ2n) is 8.80. The van der Waals surface area contributed by atoms with Crippen LogP contribution in [0, 0.1) is 0 Å². The van der Waals surface area contributed by atoms with Crippen molar-refractivity contribution in [2.45, 2.75) is 52.7 Å². The van der Waals surface area contributed by atoms with Gasteiger partial charge in [-0.05, 0) is 61.4 Å². The fourth-order valence-corrected chi connectivity index (χ4v) is 5.67. The number of hydrogen-bond donors (Lipinski definition) is 0. The Kier molecular flexibility index (Phi) is 11.2. The largest absolute Gasteiger partial charge is 0.462 e. The lowest BCUT2D eigenvalue weighted by atomic mass is 10.1. The third-order valence-electron chi connectivity index (χ3n) is 5.71. The molecular weight excluding hydrogens is 524 g/mol. The van der Waals surface area contributed by atoms with Gasteiger partial charge in [-0.25, -0.2) is 13.6 Å². The highest BCUT2D eigenvalue weighted by Crippen LogP contribution is 2.37. The van der Waals surface area contributed by atoms with E-state index in [0.717, 1.165) is 0 Å². The lowest BCUT2D eigenvalue weighted by Gasteiger charge is -2.22. The van der Waals surface area contributed by atoms with Gasteiger partial charge in [-0.3, -0.25) is 0 Å². The summed E-state index contributed by atoms with van der Waals surface area (Å²) in [5.41, 5.74) is 0.359. The van der Waals surface area contributed by atoms with Crippen molar-refractivity contribution >= 4 is 16.9 Å². The summed E-state index contributed by atoms with van der Waals surface area (Å²) >= 11 is 0. The topological polar surface area (TPSA) is 26.3 Å². The van der Waals surface area contributed by atoms with Crippen molar-refractivity contribution in [3.8, 4) is 0 Å². The molecule has 4 aromatic carbocycles. The molecule has 0 saturated carbocycles. The summed E-state index contributed by atoms with van der Waals surface area (Å²) in [4.78, 5) is 15.6. The van der Waals surface area contributed by atoms with E-state index in [0.29, 0.717) is 5.56 Å². The van der Waals surface area contributed by atoms with Crippen molar-refractivity contribution in [2.24, 2.45) is 0 Å². The van der Waals surface area contributed by atoms with Gasteiger partial charge in [0.25, 0.3) is 0 Å². The van der Waals surface area contributed by atoms with Gasteiger partial charge in [0.05, 0.1) is 23.1 Å². The zero-order valence-electron chi connectivity index (χ0n) is 21.6. The van der Waals surface area contributed by atoms with Crippen molar-refractivity contribution in [3.05, 3.63) is 127 Å². The molecule has 0 aliphatic heterocycles. The number of ether oxygens (including phenoxy) is 1. The number of rotatable bonds is 10. The average Bonchev–Trinajstić information content (AvgIpc) is 2.95. The van der Waals surface area contributed by atoms with E-state index in [-0.39, 0.29) is 37.3 Å². The van der Waals surface area contributed by atoms with Crippen LogP contribution in [-0.2, 0) is 15.6 Å². The molecule has 0 aliphatic rings. The Morgan fingerprint density at radius 1 is 0.641 bits per heavy atom. The molecule has 0 heterocycles. The predicted octanol–water partition coefficient (Wildman–Crippen LogP) is 9.09. The molecule has 4 aromatic rings. The number of carbonyl (C=O) groups excluding carboxylic acids is 1. The van der Waals surface area contributed by atoms with Gasteiger partial charge in [-0.2, -0.15) is 8.78 Å². The fourth-order valence-electron chi connectivity index (χ4n) is 3.57. The van der Waals surface area contributed by atoms with Crippen LogP contribution in [0.25, 0.3) is 0 Å². The van der Waals surface area contributed by atoms with Crippen LogP contribution in [0.4, 0.5) is 17.6 Å². The van der Waals surface area contributed by atoms with E-state index >= 15 is 0 Å². The number of esters is 1. The minimum atomic E-state index is -4.03. The minimum Gasteiger partial charge on any atom is -0.462 e. The number of carbonyl (C=O) groups is 1. The van der Waals surface area contributed by atoms with Gasteiger partial charge in [0, 0.05) is 13.3 Å². The smallest absolute Gasteiger partial charge is 0.338 e. The van der Waals surface area contributed by atoms with Gasteiger partial charge in [0.2, 0.25) is 0 Å². The van der Waals surface area contributed by atoms with Crippen LogP contribution in [0.2, 0.25) is 0 Å². The number of alkyl halides is 4. The zero-order chi connectivity index (χ0) is 28.1. The third kappa shape index (κ3) is 9.29. The summed E-state index contributed by atoms with van der Waals surface area (Å²) in [5.74, 6) is -8.62. The maximum atomic E-state index is 12.9. The molecule has 0 radical (unpaired) electrons. The van der Waals surface area contributed by atoms with Gasteiger partial charge < -0.3 is 4.74 Å². The van der Waals surface area contributed by atoms with Gasteiger partial charge in [-0.1, -0.05) is 72.8 Å². The molecule has 2 nitrogen and oxygen atoms in total. The van der Waals surface area contributed by atoms with Crippen LogP contribution in [0.5, 0.6) is 0 Å². The van der Waals surface area contributed by atoms with Crippen molar-refractivity contribution in [3.63, 3.8) is 0 Å². The minimum absolute atomic E-state index is 0.0146. The zero-order valence-corrected chi connectivity index (χ0v) is 22.4. The fraction of sp³-hybridized carbons (Fsp3) is 0.219. The van der Waals surface area contributed by atoms with Gasteiger partial charge in [0.15, 0.2) is 14.7 Å². The van der Waals surface area contributed by atoms with Crippen molar-refractivity contribution in [1.82, 2.24) is 0 Å². The standard InChI is InChI=1S/C18H15S.C14H16F4O2/c1-4-10-16(11-5-1)19(17-12-6-2-7-13-17)18-14-8-3-9-15-18;1-13(15,16)14(17,18)9-5-6-10-20-12(19)11-7-3-2-4-8-11/h1-15H;2-4,7-8H,5-6,9-10H2,1H3/q+1;. The van der Waals surface area contributed by atoms with Gasteiger partial charge >= 0.3 is 17.8 Å². The maximum absolute atomic E-state index is 12.9. The Labute approximate surface area is 230 Å². The van der Waals surface area contributed by atoms with E-state index in [4.69, 9.17) is 4.74 Å². The Balaban J connectivity index is 0.000000216. The highest BCUT2D eigenvalue weighted by atomic mass is 32.2. The summed E-state index contributed by atoms with van der Waals surface area (Å²) in [5, 5.41) is 0. The van der Waals surface area contributed by atoms with E-state index in [1.807, 2.05) is 0 Å². The highest BCUT2D eigenvalue weighted by Gasteiger charge is 2.51. The SMILES string of the molecule is CC(F)(F)C(F)(F)CCCCOC(=O)c1ccccc1.c1ccc([S+](c2ccccc2)c2ccccc2)cc1. The van der Waals surface area contributed by atoms with Gasteiger partial charge in [0.1, 0.15) is 0 Å². The summed E-state index contributed by atoms with van der Waals surface area (Å²) in [6.07, 6.45) is -0.956. The second-order valence-corrected chi connectivity index (χ2v) is 10.8. The summed E-state index contributed by atoms with van der Waals surface area (Å²) in [6, 6.07) is 40.4. The highest BCUT2D eigenvalue weighted by molar-refractivity contribution is 7.97. The van der Waals surface area contributed by atoms with Crippen LogP contribution < -0.4 is 0 Å². The molecule has 204 valence electrons. The molecule has 0 spiro atoms. The molecule has 0 aromatic heterocycles. The van der Waals surface area contributed by atoms with Gasteiger partial charge in [-0.15, -0.1) is 0 Å². The molecule has 0 atom stereocenters. The van der Waals surface area contributed by atoms with Crippen LogP contribution >= 0.6 is 0 Å². The Bertz CT molecular complexity index is 1160. The van der Waals surface area contributed by atoms with E-state index in [9.17, 15) is 22.4 Å². The van der Waals surface area contributed by atoms with E-state index < -0.39 is 24.2 Å². The molecule has 0 N–H and O–H groups in total. The molecule has 0 saturated heterocycles. The molecule has 0 fully saturated rings. The maximum Gasteiger partial charge on any atom is 0.338 e. The number of hydrogen-bond acceptors (Lipinski definition) is 2. The Morgan fingerprint density at radius 3 is 1.41 bits per heavy atom. The number of halogens is 4. The van der Waals surface area contributed by atoms with Crippen LogP contribution in [0.15, 0.2) is 136 Å². The molecule has 0 unspecified atom stereocenters. The van der Waals surface area contributed by atoms with Crippen LogP contribution in [0.1, 0.15) is 36.5 Å². The Morgan fingerprint density at radius 2 is 1.03 bits per heavy atom. The molecule has 0 bridgehead atoms. The quantitative estimate of drug-likeness (QED) is 0.0844. The predicted molar refractivity (Wildman–Crippen MR) is 148 cm³/mol. The first-order chi connectivity index (χ1) is 18.7. The number of unbranched alkanes of at least 4 members (excludes halogenated alkanes) is 1. The first kappa shape index (κ1) is 30.0. The first-order valence-electron chi connectivity index (χ1n) is 12.6. The average molecular weight is 556 g/mol. The third-order valence-corrected chi connectivity index (χ3v) is 7.94. The summed E-state index contributed by atoms with van der Waals surface area (Å²) in [6.45, 7) is 0.127. The first-order valence-corrected chi connectivity index (χ1v) is 13.8. The van der Waals surface area contributed by atoms with E-state index in [1.165, 1.54) is 14.7 Å². The van der Waals surface area contributed by atoms with E-state index in [2.05, 4.69) is 91.0 Å². The van der Waals surface area contributed by atoms with Crippen LogP contribution in [-0.4, -0.2) is 24.4 Å². The lowest BCUT2D eigenvalue weighted by Crippen LogP contribution is -2.37. The monoisotopic (exact) mass is 555 g/mol. The molecule has 39 heavy (non-hydrogen) atoms. The van der Waals surface area contributed by atoms with E-state index in [1.54, 1.807) is 30.3 Å². The molecule has 7 heteroatoms. The lowest BCUT2D eigenvalue weighted by molar-refractivity contribution is -0.201. The molecule has 0 aliphatic carbocycles. The molecular formula is C32H31F4O2S+. The molecule has 4 rings (SSSR count). The van der Waals surface area contributed by atoms with Crippen LogP contribution in [0.3, 0.4) is 0 Å². The van der Waals surface area contributed by atoms with Crippen molar-refractivity contribution in [1.29, 1.82) is 0 Å². The Hall–Kier alpha value is -3.58. The van der Waals surface area contributed by atoms with Crippen molar-refractivity contribution < 1.29 is 27.1 Å². The van der Waals surface area contributed by atoms with Crippen molar-refractivity contribution in [2.75, 3.05) is 6.61 Å². The number of benzene rings is 4. The normalized spacial score (nSPS) is 11.4. The molecule has 0 amide bonds.